The summed E-state index contributed by atoms with van der Waals surface area (Å²) in [6.07, 6.45) is 0. The van der Waals surface area contributed by atoms with E-state index in [-0.39, 0.29) is 0 Å². The van der Waals surface area contributed by atoms with E-state index >= 15 is 0 Å². The van der Waals surface area contributed by atoms with Crippen LogP contribution in [0.15, 0.2) is 41.8 Å². The molecule has 2 heterocycles. The molecule has 0 saturated carbocycles. The molecule has 2 aromatic heterocycles. The van der Waals surface area contributed by atoms with E-state index in [1.165, 1.54) is 0 Å². The van der Waals surface area contributed by atoms with Crippen molar-refractivity contribution in [3.63, 3.8) is 0 Å². The maximum atomic E-state index is 6.01. The Balaban J connectivity index is 2.08. The first kappa shape index (κ1) is 12.5. The lowest BCUT2D eigenvalue weighted by molar-refractivity contribution is 0.896. The zero-order chi connectivity index (χ0) is 13.4. The number of halogens is 2. The first-order valence-electron chi connectivity index (χ1n) is 5.50. The van der Waals surface area contributed by atoms with Gasteiger partial charge in [0.1, 0.15) is 11.5 Å². The van der Waals surface area contributed by atoms with Crippen molar-refractivity contribution in [2.24, 2.45) is 0 Å². The average Bonchev–Trinajstić information content (AvgIpc) is 3.01. The first-order valence-corrected chi connectivity index (χ1v) is 7.13. The maximum Gasteiger partial charge on any atom is 0.127 e. The number of nitrogens with zero attached hydrogens (tertiary/aromatic N) is 2. The van der Waals surface area contributed by atoms with E-state index in [0.29, 0.717) is 15.9 Å². The Labute approximate surface area is 124 Å². The molecule has 3 aromatic rings. The number of hydrogen-bond donors (Lipinski definition) is 1. The number of nitrogens with two attached hydrogens (primary N) is 1. The molecule has 0 bridgehead atoms. The van der Waals surface area contributed by atoms with Crippen LogP contribution in [0.1, 0.15) is 0 Å². The molecule has 0 unspecified atom stereocenters. The number of thiophene rings is 1. The van der Waals surface area contributed by atoms with Crippen LogP contribution in [0.5, 0.6) is 0 Å². The van der Waals surface area contributed by atoms with Gasteiger partial charge in [0.2, 0.25) is 0 Å². The highest BCUT2D eigenvalue weighted by Gasteiger charge is 2.10. The van der Waals surface area contributed by atoms with Crippen LogP contribution in [-0.2, 0) is 0 Å². The number of aromatic nitrogens is 2. The molecule has 6 heteroatoms. The largest absolute Gasteiger partial charge is 0.384 e. The molecule has 0 aliphatic carbocycles. The summed E-state index contributed by atoms with van der Waals surface area (Å²) < 4.78 is 1.65. The van der Waals surface area contributed by atoms with E-state index in [2.05, 4.69) is 5.10 Å². The van der Waals surface area contributed by atoms with Crippen LogP contribution < -0.4 is 5.73 Å². The van der Waals surface area contributed by atoms with E-state index in [1.807, 2.05) is 29.6 Å². The van der Waals surface area contributed by atoms with Crippen molar-refractivity contribution >= 4 is 40.4 Å². The fourth-order valence-electron chi connectivity index (χ4n) is 1.76. The van der Waals surface area contributed by atoms with Gasteiger partial charge in [-0.05, 0) is 29.6 Å². The highest BCUT2D eigenvalue weighted by Crippen LogP contribution is 2.29. The smallest absolute Gasteiger partial charge is 0.127 e. The Bertz CT molecular complexity index is 720. The SMILES string of the molecule is Nc1cc(-c2cccs2)nn1-c1ccc(Cl)c(Cl)c1. The number of anilines is 1. The molecule has 3 nitrogen and oxygen atoms in total. The fraction of sp³-hybridized carbons (Fsp3) is 0. The topological polar surface area (TPSA) is 43.8 Å². The zero-order valence-corrected chi connectivity index (χ0v) is 12.0. The standard InChI is InChI=1S/C13H9Cl2N3S/c14-9-4-3-8(6-10(9)15)18-13(16)7-11(17-18)12-2-1-5-19-12/h1-7H,16H2. The van der Waals surface area contributed by atoms with Gasteiger partial charge in [0.25, 0.3) is 0 Å². The van der Waals surface area contributed by atoms with Gasteiger partial charge in [-0.15, -0.1) is 11.3 Å². The third-order valence-electron chi connectivity index (χ3n) is 2.66. The zero-order valence-electron chi connectivity index (χ0n) is 9.68. The van der Waals surface area contributed by atoms with Crippen LogP contribution in [0.4, 0.5) is 5.82 Å². The van der Waals surface area contributed by atoms with Gasteiger partial charge in [-0.1, -0.05) is 29.3 Å². The lowest BCUT2D eigenvalue weighted by atomic mass is 10.3. The summed E-state index contributed by atoms with van der Waals surface area (Å²) in [6.45, 7) is 0. The van der Waals surface area contributed by atoms with E-state index in [0.717, 1.165) is 16.3 Å². The third kappa shape index (κ3) is 2.34. The Kier molecular flexibility index (Phi) is 3.22. The van der Waals surface area contributed by atoms with Crippen molar-refractivity contribution in [2.45, 2.75) is 0 Å². The second-order valence-electron chi connectivity index (χ2n) is 3.94. The van der Waals surface area contributed by atoms with E-state index in [9.17, 15) is 0 Å². The van der Waals surface area contributed by atoms with Gasteiger partial charge >= 0.3 is 0 Å². The van der Waals surface area contributed by atoms with Gasteiger partial charge in [-0.3, -0.25) is 0 Å². The van der Waals surface area contributed by atoms with Crippen molar-refractivity contribution in [3.8, 4) is 16.3 Å². The van der Waals surface area contributed by atoms with Crippen LogP contribution in [0.3, 0.4) is 0 Å². The van der Waals surface area contributed by atoms with Crippen LogP contribution in [0.2, 0.25) is 10.0 Å². The Hall–Kier alpha value is -1.49. The first-order chi connectivity index (χ1) is 9.15. The van der Waals surface area contributed by atoms with Gasteiger partial charge in [0, 0.05) is 6.07 Å². The van der Waals surface area contributed by atoms with Crippen molar-refractivity contribution in [2.75, 3.05) is 5.73 Å². The summed E-state index contributed by atoms with van der Waals surface area (Å²) >= 11 is 13.5. The van der Waals surface area contributed by atoms with Gasteiger partial charge in [-0.25, -0.2) is 4.68 Å². The van der Waals surface area contributed by atoms with Crippen molar-refractivity contribution < 1.29 is 0 Å². The second-order valence-corrected chi connectivity index (χ2v) is 5.70. The van der Waals surface area contributed by atoms with Crippen LogP contribution in [0.25, 0.3) is 16.3 Å². The van der Waals surface area contributed by atoms with Crippen LogP contribution >= 0.6 is 34.5 Å². The van der Waals surface area contributed by atoms with Crippen molar-refractivity contribution in [1.29, 1.82) is 0 Å². The van der Waals surface area contributed by atoms with E-state index < -0.39 is 0 Å². The predicted octanol–water partition coefficient (Wildman–Crippen LogP) is 4.49. The molecular formula is C13H9Cl2N3S. The number of benzene rings is 1. The quantitative estimate of drug-likeness (QED) is 0.758. The fourth-order valence-corrected chi connectivity index (χ4v) is 2.74. The normalized spacial score (nSPS) is 10.8. The molecule has 3 rings (SSSR count). The Morgan fingerprint density at radius 1 is 1.11 bits per heavy atom. The van der Waals surface area contributed by atoms with E-state index in [4.69, 9.17) is 28.9 Å². The molecule has 0 fully saturated rings. The third-order valence-corrected chi connectivity index (χ3v) is 4.29. The lowest BCUT2D eigenvalue weighted by Crippen LogP contribution is -2.01. The van der Waals surface area contributed by atoms with Gasteiger partial charge < -0.3 is 5.73 Å². The molecule has 0 radical (unpaired) electrons. The minimum Gasteiger partial charge on any atom is -0.384 e. The summed E-state index contributed by atoms with van der Waals surface area (Å²) in [5.41, 5.74) is 7.63. The molecule has 0 spiro atoms. The molecule has 1 aromatic carbocycles. The molecular weight excluding hydrogens is 301 g/mol. The minimum absolute atomic E-state index is 0.478. The molecule has 2 N–H and O–H groups in total. The Morgan fingerprint density at radius 3 is 2.63 bits per heavy atom. The van der Waals surface area contributed by atoms with Crippen molar-refractivity contribution in [3.05, 3.63) is 51.8 Å². The summed E-state index contributed by atoms with van der Waals surface area (Å²) in [6, 6.07) is 11.1. The molecule has 0 aliphatic rings. The minimum atomic E-state index is 0.478. The highest BCUT2D eigenvalue weighted by atomic mass is 35.5. The second kappa shape index (κ2) is 4.89. The summed E-state index contributed by atoms with van der Waals surface area (Å²) in [4.78, 5) is 1.07. The summed E-state index contributed by atoms with van der Waals surface area (Å²) in [7, 11) is 0. The van der Waals surface area contributed by atoms with Crippen LogP contribution in [0, 0.1) is 0 Å². The predicted molar refractivity (Wildman–Crippen MR) is 81.3 cm³/mol. The molecule has 0 amide bonds. The molecule has 0 aliphatic heterocycles. The van der Waals surface area contributed by atoms with Gasteiger partial charge in [-0.2, -0.15) is 5.10 Å². The number of nitrogen functional groups attached to an aromatic ring is 1. The highest BCUT2D eigenvalue weighted by molar-refractivity contribution is 7.13. The molecule has 19 heavy (non-hydrogen) atoms. The molecule has 0 saturated heterocycles. The summed E-state index contributed by atoms with van der Waals surface area (Å²) in [5, 5.41) is 7.48. The Morgan fingerprint density at radius 2 is 1.95 bits per heavy atom. The molecule has 96 valence electrons. The molecule has 0 atom stereocenters. The van der Waals surface area contributed by atoms with E-state index in [1.54, 1.807) is 28.2 Å². The van der Waals surface area contributed by atoms with Crippen molar-refractivity contribution in [1.82, 2.24) is 9.78 Å². The summed E-state index contributed by atoms with van der Waals surface area (Å²) in [5.74, 6) is 0.557. The van der Waals surface area contributed by atoms with Gasteiger partial charge in [0.05, 0.1) is 20.6 Å². The monoisotopic (exact) mass is 309 g/mol. The lowest BCUT2D eigenvalue weighted by Gasteiger charge is -2.05. The maximum absolute atomic E-state index is 6.01. The number of hydrogen-bond acceptors (Lipinski definition) is 3. The van der Waals surface area contributed by atoms with Gasteiger partial charge in [0.15, 0.2) is 0 Å². The average molecular weight is 310 g/mol. The van der Waals surface area contributed by atoms with Crippen LogP contribution in [-0.4, -0.2) is 9.78 Å². The number of rotatable bonds is 2.